The lowest BCUT2D eigenvalue weighted by Gasteiger charge is -2.02. The lowest BCUT2D eigenvalue weighted by atomic mass is 10.1. The van der Waals surface area contributed by atoms with E-state index in [9.17, 15) is 0 Å². The average molecular weight is 215 g/mol. The van der Waals surface area contributed by atoms with Gasteiger partial charge in [-0.2, -0.15) is 0 Å². The molecule has 0 aliphatic rings. The van der Waals surface area contributed by atoms with Crippen molar-refractivity contribution in [3.63, 3.8) is 0 Å². The van der Waals surface area contributed by atoms with Crippen LogP contribution >= 0.6 is 0 Å². The number of rotatable bonds is 4. The van der Waals surface area contributed by atoms with Crippen LogP contribution in [0.4, 0.5) is 0 Å². The van der Waals surface area contributed by atoms with Gasteiger partial charge in [-0.25, -0.2) is 4.98 Å². The van der Waals surface area contributed by atoms with Gasteiger partial charge in [0, 0.05) is 12.1 Å². The van der Waals surface area contributed by atoms with E-state index in [1.807, 2.05) is 0 Å². The van der Waals surface area contributed by atoms with Crippen LogP contribution in [-0.4, -0.2) is 9.97 Å². The first-order valence-electron chi connectivity index (χ1n) is 5.66. The first-order valence-corrected chi connectivity index (χ1v) is 5.66. The van der Waals surface area contributed by atoms with Crippen molar-refractivity contribution < 1.29 is 0 Å². The van der Waals surface area contributed by atoms with Crippen LogP contribution in [0.5, 0.6) is 0 Å². The van der Waals surface area contributed by atoms with E-state index < -0.39 is 0 Å². The first kappa shape index (κ1) is 10.9. The van der Waals surface area contributed by atoms with Crippen LogP contribution in [0.3, 0.4) is 0 Å². The van der Waals surface area contributed by atoms with Crippen LogP contribution < -0.4 is 5.73 Å². The maximum atomic E-state index is 5.64. The Labute approximate surface area is 95.7 Å². The maximum absolute atomic E-state index is 5.64. The summed E-state index contributed by atoms with van der Waals surface area (Å²) in [4.78, 5) is 7.35. The van der Waals surface area contributed by atoms with Crippen LogP contribution in [0, 0.1) is 0 Å². The van der Waals surface area contributed by atoms with E-state index in [1.165, 1.54) is 12.0 Å². The second-order valence-electron chi connectivity index (χ2n) is 3.88. The normalized spacial score (nSPS) is 10.6. The molecule has 0 saturated heterocycles. The second-order valence-corrected chi connectivity index (χ2v) is 3.88. The van der Waals surface area contributed by atoms with Crippen LogP contribution in [0.15, 0.2) is 30.6 Å². The van der Waals surface area contributed by atoms with Gasteiger partial charge in [0.1, 0.15) is 0 Å². The van der Waals surface area contributed by atoms with Crippen molar-refractivity contribution in [2.45, 2.75) is 26.3 Å². The van der Waals surface area contributed by atoms with Crippen molar-refractivity contribution in [2.24, 2.45) is 5.73 Å². The van der Waals surface area contributed by atoms with Crippen LogP contribution in [-0.2, 0) is 13.0 Å². The van der Waals surface area contributed by atoms with Gasteiger partial charge in [0.25, 0.3) is 0 Å². The lowest BCUT2D eigenvalue weighted by Crippen LogP contribution is -1.98. The molecule has 0 aliphatic carbocycles. The van der Waals surface area contributed by atoms with Gasteiger partial charge >= 0.3 is 0 Å². The lowest BCUT2D eigenvalue weighted by molar-refractivity contribution is 0.922. The Hall–Kier alpha value is -1.61. The van der Waals surface area contributed by atoms with E-state index in [-0.39, 0.29) is 0 Å². The molecule has 0 radical (unpaired) electrons. The highest BCUT2D eigenvalue weighted by molar-refractivity contribution is 5.61. The van der Waals surface area contributed by atoms with E-state index in [0.717, 1.165) is 23.4 Å². The monoisotopic (exact) mass is 215 g/mol. The molecule has 2 rings (SSSR count). The molecule has 3 N–H and O–H groups in total. The Balaban J connectivity index is 2.27. The van der Waals surface area contributed by atoms with E-state index in [1.54, 1.807) is 6.33 Å². The Morgan fingerprint density at radius 2 is 2.00 bits per heavy atom. The molecule has 0 unspecified atom stereocenters. The molecule has 1 aromatic carbocycles. The number of hydrogen-bond donors (Lipinski definition) is 2. The topological polar surface area (TPSA) is 54.7 Å². The third-order valence-electron chi connectivity index (χ3n) is 2.69. The molecule has 16 heavy (non-hydrogen) atoms. The summed E-state index contributed by atoms with van der Waals surface area (Å²) >= 11 is 0. The highest BCUT2D eigenvalue weighted by Crippen LogP contribution is 2.20. The van der Waals surface area contributed by atoms with Gasteiger partial charge in [0.05, 0.1) is 17.7 Å². The molecule has 3 heteroatoms. The average Bonchev–Trinajstić information content (AvgIpc) is 2.78. The molecule has 2 aromatic rings. The van der Waals surface area contributed by atoms with Crippen molar-refractivity contribution in [2.75, 3.05) is 0 Å². The number of aromatic amines is 1. The fourth-order valence-electron chi connectivity index (χ4n) is 1.84. The zero-order chi connectivity index (χ0) is 11.4. The van der Waals surface area contributed by atoms with Crippen LogP contribution in [0.2, 0.25) is 0 Å². The standard InChI is InChI=1S/C13H17N3/c1-2-3-10-4-6-11(7-5-10)13-12(8-14)15-9-16-13/h4-7,9H,2-3,8,14H2,1H3,(H,15,16). The van der Waals surface area contributed by atoms with Crippen molar-refractivity contribution in [1.82, 2.24) is 9.97 Å². The Kier molecular flexibility index (Phi) is 3.37. The van der Waals surface area contributed by atoms with Crippen molar-refractivity contribution in [1.29, 1.82) is 0 Å². The number of nitrogens with zero attached hydrogens (tertiary/aromatic N) is 1. The highest BCUT2D eigenvalue weighted by Gasteiger charge is 2.06. The number of nitrogens with one attached hydrogen (secondary N) is 1. The summed E-state index contributed by atoms with van der Waals surface area (Å²) in [6.45, 7) is 2.68. The maximum Gasteiger partial charge on any atom is 0.0929 e. The van der Waals surface area contributed by atoms with Gasteiger partial charge in [-0.05, 0) is 12.0 Å². The minimum absolute atomic E-state index is 0.492. The summed E-state index contributed by atoms with van der Waals surface area (Å²) in [5, 5.41) is 0. The number of aromatic nitrogens is 2. The third kappa shape index (κ3) is 2.14. The van der Waals surface area contributed by atoms with Gasteiger partial charge < -0.3 is 10.7 Å². The van der Waals surface area contributed by atoms with Crippen LogP contribution in [0.25, 0.3) is 11.3 Å². The fourth-order valence-corrected chi connectivity index (χ4v) is 1.84. The smallest absolute Gasteiger partial charge is 0.0929 e. The Morgan fingerprint density at radius 1 is 1.25 bits per heavy atom. The Bertz CT molecular complexity index is 442. The first-order chi connectivity index (χ1) is 7.85. The summed E-state index contributed by atoms with van der Waals surface area (Å²) in [7, 11) is 0. The predicted octanol–water partition coefficient (Wildman–Crippen LogP) is 2.49. The molecule has 0 saturated carbocycles. The number of aryl methyl sites for hydroxylation is 1. The summed E-state index contributed by atoms with van der Waals surface area (Å²) < 4.78 is 0. The molecule has 3 nitrogen and oxygen atoms in total. The molecule has 84 valence electrons. The number of hydrogen-bond acceptors (Lipinski definition) is 2. The zero-order valence-electron chi connectivity index (χ0n) is 9.53. The van der Waals surface area contributed by atoms with Gasteiger partial charge in [0.15, 0.2) is 0 Å². The molecular formula is C13H17N3. The number of H-pyrrole nitrogens is 1. The second kappa shape index (κ2) is 4.94. The highest BCUT2D eigenvalue weighted by atomic mass is 14.9. The SMILES string of the molecule is CCCc1ccc(-c2nc[nH]c2CN)cc1. The van der Waals surface area contributed by atoms with E-state index >= 15 is 0 Å². The molecule has 0 bridgehead atoms. The molecular weight excluding hydrogens is 198 g/mol. The third-order valence-corrected chi connectivity index (χ3v) is 2.69. The minimum atomic E-state index is 0.492. The van der Waals surface area contributed by atoms with Crippen LogP contribution in [0.1, 0.15) is 24.6 Å². The molecule has 1 heterocycles. The zero-order valence-corrected chi connectivity index (χ0v) is 9.53. The molecule has 0 atom stereocenters. The van der Waals surface area contributed by atoms with Crippen molar-refractivity contribution in [3.05, 3.63) is 41.9 Å². The van der Waals surface area contributed by atoms with E-state index in [0.29, 0.717) is 6.54 Å². The molecule has 0 aliphatic heterocycles. The molecule has 0 fully saturated rings. The minimum Gasteiger partial charge on any atom is -0.347 e. The number of benzene rings is 1. The van der Waals surface area contributed by atoms with Crippen molar-refractivity contribution in [3.8, 4) is 11.3 Å². The van der Waals surface area contributed by atoms with Gasteiger partial charge in [0.2, 0.25) is 0 Å². The summed E-state index contributed by atoms with van der Waals surface area (Å²) in [6.07, 6.45) is 4.00. The molecule has 0 amide bonds. The largest absolute Gasteiger partial charge is 0.347 e. The predicted molar refractivity (Wildman–Crippen MR) is 65.9 cm³/mol. The number of imidazole rings is 1. The van der Waals surface area contributed by atoms with Gasteiger partial charge in [-0.1, -0.05) is 37.6 Å². The fraction of sp³-hybridized carbons (Fsp3) is 0.308. The van der Waals surface area contributed by atoms with E-state index in [2.05, 4.69) is 41.2 Å². The van der Waals surface area contributed by atoms with E-state index in [4.69, 9.17) is 5.73 Å². The quantitative estimate of drug-likeness (QED) is 0.823. The molecule has 0 spiro atoms. The summed E-state index contributed by atoms with van der Waals surface area (Å²) in [5.74, 6) is 0. The van der Waals surface area contributed by atoms with Crippen molar-refractivity contribution >= 4 is 0 Å². The van der Waals surface area contributed by atoms with Gasteiger partial charge in [-0.3, -0.25) is 0 Å². The Morgan fingerprint density at radius 3 is 2.62 bits per heavy atom. The number of nitrogens with two attached hydrogens (primary N) is 1. The van der Waals surface area contributed by atoms with Gasteiger partial charge in [-0.15, -0.1) is 0 Å². The summed E-state index contributed by atoms with van der Waals surface area (Å²) in [5.41, 5.74) is 10.1. The summed E-state index contributed by atoms with van der Waals surface area (Å²) in [6, 6.07) is 8.54. The molecule has 1 aromatic heterocycles.